The Balaban J connectivity index is 2.30. The lowest BCUT2D eigenvalue weighted by molar-refractivity contribution is 0.161. The maximum Gasteiger partial charge on any atom is 0.253 e. The second kappa shape index (κ2) is 5.37. The molecule has 0 saturated heterocycles. The number of nitrogens with zero attached hydrogens (tertiary/aromatic N) is 1. The first-order valence-electron chi connectivity index (χ1n) is 7.07. The number of aryl methyl sites for hydroxylation is 2. The van der Waals surface area contributed by atoms with E-state index in [4.69, 9.17) is 9.47 Å². The minimum atomic E-state index is 0.0302. The number of rotatable bonds is 2. The van der Waals surface area contributed by atoms with Crippen molar-refractivity contribution in [3.8, 4) is 5.75 Å². The molecule has 4 nitrogen and oxygen atoms in total. The highest BCUT2D eigenvalue weighted by atomic mass is 16.5. The minimum Gasteiger partial charge on any atom is -0.496 e. The van der Waals surface area contributed by atoms with Crippen LogP contribution in [-0.2, 0) is 11.8 Å². The maximum atomic E-state index is 12.2. The van der Waals surface area contributed by atoms with Gasteiger partial charge in [-0.15, -0.1) is 0 Å². The van der Waals surface area contributed by atoms with Crippen molar-refractivity contribution in [3.05, 3.63) is 45.8 Å². The molecule has 0 saturated carbocycles. The third-order valence-electron chi connectivity index (χ3n) is 4.04. The number of hydrogen-bond donors (Lipinski definition) is 0. The number of methoxy groups -OCH3 is 1. The number of aromatic nitrogens is 1. The summed E-state index contributed by atoms with van der Waals surface area (Å²) in [6.07, 6.45) is 2.98. The molecule has 0 bridgehead atoms. The molecule has 3 rings (SSSR count). The van der Waals surface area contributed by atoms with E-state index in [0.29, 0.717) is 6.61 Å². The van der Waals surface area contributed by atoms with Gasteiger partial charge in [-0.3, -0.25) is 4.79 Å². The molecule has 0 spiro atoms. The average molecular weight is 285 g/mol. The molecular weight excluding hydrogens is 266 g/mol. The molecule has 1 aromatic carbocycles. The van der Waals surface area contributed by atoms with Gasteiger partial charge in [0.15, 0.2) is 0 Å². The summed E-state index contributed by atoms with van der Waals surface area (Å²) < 4.78 is 12.6. The zero-order valence-electron chi connectivity index (χ0n) is 12.6. The highest BCUT2D eigenvalue weighted by molar-refractivity contribution is 5.90. The molecule has 0 amide bonds. The quantitative estimate of drug-likeness (QED) is 0.851. The van der Waals surface area contributed by atoms with Gasteiger partial charge in [-0.1, -0.05) is 6.08 Å². The third kappa shape index (κ3) is 2.36. The lowest BCUT2D eigenvalue weighted by Crippen LogP contribution is -2.19. The summed E-state index contributed by atoms with van der Waals surface area (Å²) in [5.41, 5.74) is 3.99. The molecule has 2 aromatic rings. The van der Waals surface area contributed by atoms with Crippen LogP contribution in [0.15, 0.2) is 29.1 Å². The fourth-order valence-electron chi connectivity index (χ4n) is 2.83. The van der Waals surface area contributed by atoms with Crippen molar-refractivity contribution in [2.24, 2.45) is 7.05 Å². The molecule has 0 atom stereocenters. The molecule has 0 radical (unpaired) electrons. The first kappa shape index (κ1) is 13.9. The van der Waals surface area contributed by atoms with Gasteiger partial charge >= 0.3 is 0 Å². The Labute approximate surface area is 123 Å². The summed E-state index contributed by atoms with van der Waals surface area (Å²) in [5.74, 6) is 0.800. The molecule has 4 heteroatoms. The van der Waals surface area contributed by atoms with Gasteiger partial charge in [0, 0.05) is 18.0 Å². The molecule has 21 heavy (non-hydrogen) atoms. The van der Waals surface area contributed by atoms with E-state index in [-0.39, 0.29) is 5.56 Å². The van der Waals surface area contributed by atoms with Gasteiger partial charge < -0.3 is 14.0 Å². The van der Waals surface area contributed by atoms with E-state index in [2.05, 4.69) is 12.1 Å². The van der Waals surface area contributed by atoms with Gasteiger partial charge in [0.05, 0.1) is 25.8 Å². The van der Waals surface area contributed by atoms with Gasteiger partial charge in [-0.2, -0.15) is 0 Å². The smallest absolute Gasteiger partial charge is 0.253 e. The number of fused-ring (bicyclic) bond motifs is 1. The van der Waals surface area contributed by atoms with Crippen LogP contribution < -0.4 is 10.3 Å². The third-order valence-corrected chi connectivity index (χ3v) is 4.04. The summed E-state index contributed by atoms with van der Waals surface area (Å²) in [6.45, 7) is 3.21. The number of benzene rings is 1. The second-order valence-corrected chi connectivity index (χ2v) is 5.36. The fraction of sp³-hybridized carbons (Fsp3) is 0.353. The summed E-state index contributed by atoms with van der Waals surface area (Å²) in [6, 6.07) is 6.01. The van der Waals surface area contributed by atoms with E-state index >= 15 is 0 Å². The molecule has 0 fully saturated rings. The lowest BCUT2D eigenvalue weighted by Gasteiger charge is -2.17. The highest BCUT2D eigenvalue weighted by Gasteiger charge is 2.13. The van der Waals surface area contributed by atoms with E-state index in [1.54, 1.807) is 18.7 Å². The van der Waals surface area contributed by atoms with E-state index in [1.165, 1.54) is 5.57 Å². The fourth-order valence-corrected chi connectivity index (χ4v) is 2.83. The predicted octanol–water partition coefficient (Wildman–Crippen LogP) is 2.66. The van der Waals surface area contributed by atoms with Crippen LogP contribution in [0, 0.1) is 6.92 Å². The van der Waals surface area contributed by atoms with Crippen LogP contribution in [0.3, 0.4) is 0 Å². The van der Waals surface area contributed by atoms with Crippen molar-refractivity contribution >= 4 is 16.5 Å². The first-order chi connectivity index (χ1) is 10.1. The van der Waals surface area contributed by atoms with Gasteiger partial charge in [-0.05, 0) is 42.7 Å². The van der Waals surface area contributed by atoms with Crippen molar-refractivity contribution in [2.75, 3.05) is 20.3 Å². The molecule has 1 aliphatic heterocycles. The van der Waals surface area contributed by atoms with Crippen LogP contribution in [0.25, 0.3) is 16.5 Å². The Bertz CT molecular complexity index is 787. The van der Waals surface area contributed by atoms with Crippen LogP contribution in [0.4, 0.5) is 0 Å². The summed E-state index contributed by atoms with van der Waals surface area (Å²) in [7, 11) is 3.47. The highest BCUT2D eigenvalue weighted by Crippen LogP contribution is 2.32. The second-order valence-electron chi connectivity index (χ2n) is 5.36. The van der Waals surface area contributed by atoms with Gasteiger partial charge in [0.2, 0.25) is 0 Å². The van der Waals surface area contributed by atoms with E-state index < -0.39 is 0 Å². The first-order valence-corrected chi connectivity index (χ1v) is 7.07. The zero-order valence-corrected chi connectivity index (χ0v) is 12.6. The Morgan fingerprint density at radius 2 is 2.10 bits per heavy atom. The Morgan fingerprint density at radius 1 is 1.29 bits per heavy atom. The molecule has 0 aliphatic carbocycles. The molecule has 0 N–H and O–H groups in total. The number of hydrogen-bond acceptors (Lipinski definition) is 3. The standard InChI is InChI=1S/C17H19NO3/c1-11-8-14-15(18(2)17(11)19)9-13(10-16(14)20-3)12-4-6-21-7-5-12/h4,8-10H,5-7H2,1-3H3. The minimum absolute atomic E-state index is 0.0302. The monoisotopic (exact) mass is 285 g/mol. The summed E-state index contributed by atoms with van der Waals surface area (Å²) >= 11 is 0. The zero-order chi connectivity index (χ0) is 15.0. The predicted molar refractivity (Wildman–Crippen MR) is 83.9 cm³/mol. The molecular formula is C17H19NO3. The van der Waals surface area contributed by atoms with Crippen LogP contribution in [0.2, 0.25) is 0 Å². The summed E-state index contributed by atoms with van der Waals surface area (Å²) in [5, 5.41) is 0.966. The number of ether oxygens (including phenoxy) is 2. The Kier molecular flexibility index (Phi) is 3.55. The van der Waals surface area contributed by atoms with Crippen LogP contribution in [0.5, 0.6) is 5.75 Å². The average Bonchev–Trinajstić information content (AvgIpc) is 2.53. The van der Waals surface area contributed by atoms with Crippen LogP contribution in [-0.4, -0.2) is 24.9 Å². The van der Waals surface area contributed by atoms with E-state index in [1.807, 2.05) is 19.1 Å². The summed E-state index contributed by atoms with van der Waals surface area (Å²) in [4.78, 5) is 12.2. The van der Waals surface area contributed by atoms with Crippen molar-refractivity contribution in [1.29, 1.82) is 0 Å². The van der Waals surface area contributed by atoms with E-state index in [0.717, 1.165) is 40.8 Å². The maximum absolute atomic E-state index is 12.2. The van der Waals surface area contributed by atoms with Crippen LogP contribution >= 0.6 is 0 Å². The SMILES string of the molecule is COc1cc(C2=CCOCC2)cc2c1cc(C)c(=O)n2C. The lowest BCUT2D eigenvalue weighted by atomic mass is 9.99. The van der Waals surface area contributed by atoms with Crippen molar-refractivity contribution < 1.29 is 9.47 Å². The topological polar surface area (TPSA) is 40.5 Å². The van der Waals surface area contributed by atoms with Crippen molar-refractivity contribution in [2.45, 2.75) is 13.3 Å². The van der Waals surface area contributed by atoms with Gasteiger partial charge in [0.25, 0.3) is 5.56 Å². The normalized spacial score (nSPS) is 15.1. The Morgan fingerprint density at radius 3 is 2.76 bits per heavy atom. The van der Waals surface area contributed by atoms with Crippen molar-refractivity contribution in [3.63, 3.8) is 0 Å². The van der Waals surface area contributed by atoms with Crippen LogP contribution in [0.1, 0.15) is 17.5 Å². The largest absolute Gasteiger partial charge is 0.496 e. The molecule has 1 aliphatic rings. The molecule has 2 heterocycles. The van der Waals surface area contributed by atoms with Crippen molar-refractivity contribution in [1.82, 2.24) is 4.57 Å². The van der Waals surface area contributed by atoms with Gasteiger partial charge in [-0.25, -0.2) is 0 Å². The molecule has 0 unspecified atom stereocenters. The molecule has 110 valence electrons. The van der Waals surface area contributed by atoms with E-state index in [9.17, 15) is 4.79 Å². The Hall–Kier alpha value is -2.07. The molecule has 1 aromatic heterocycles. The van der Waals surface area contributed by atoms with Gasteiger partial charge in [0.1, 0.15) is 5.75 Å². The number of pyridine rings is 1.